The summed E-state index contributed by atoms with van der Waals surface area (Å²) in [5.74, 6) is 1.79. The standard InChI is InChI=1S/C20H20N2O3/c1-4-8-13-11-14(12-17(24-3)18(13)25-5-2)19-21-16-10-7-6-9-15(16)20(23)22-19/h4,6-7,9-12H,1,5,8H2,2-3H3,(H,21,22,23). The Morgan fingerprint density at radius 3 is 2.80 bits per heavy atom. The fourth-order valence-electron chi connectivity index (χ4n) is 2.79. The Bertz CT molecular complexity index is 976. The number of rotatable bonds is 6. The highest BCUT2D eigenvalue weighted by Gasteiger charge is 2.15. The SMILES string of the molecule is C=CCc1cc(-c2nc3ccccc3c(=O)[nH]2)cc(OC)c1OCC. The number of benzene rings is 2. The predicted octanol–water partition coefficient (Wildman–Crippen LogP) is 3.73. The number of aromatic amines is 1. The van der Waals surface area contributed by atoms with Crippen LogP contribution in [0.5, 0.6) is 11.5 Å². The van der Waals surface area contributed by atoms with Crippen molar-refractivity contribution in [2.24, 2.45) is 0 Å². The van der Waals surface area contributed by atoms with Crippen molar-refractivity contribution < 1.29 is 9.47 Å². The second-order valence-corrected chi connectivity index (χ2v) is 5.52. The summed E-state index contributed by atoms with van der Waals surface area (Å²) in [6.07, 6.45) is 2.43. The normalized spacial score (nSPS) is 10.6. The maximum atomic E-state index is 12.3. The number of H-pyrrole nitrogens is 1. The lowest BCUT2D eigenvalue weighted by Crippen LogP contribution is -2.09. The average molecular weight is 336 g/mol. The molecular formula is C20H20N2O3. The summed E-state index contributed by atoms with van der Waals surface area (Å²) < 4.78 is 11.2. The lowest BCUT2D eigenvalue weighted by molar-refractivity contribution is 0.308. The summed E-state index contributed by atoms with van der Waals surface area (Å²) in [6.45, 7) is 6.26. The molecule has 3 rings (SSSR count). The zero-order chi connectivity index (χ0) is 17.8. The van der Waals surface area contributed by atoms with E-state index >= 15 is 0 Å². The summed E-state index contributed by atoms with van der Waals surface area (Å²) in [7, 11) is 1.59. The maximum absolute atomic E-state index is 12.3. The molecular weight excluding hydrogens is 316 g/mol. The average Bonchev–Trinajstić information content (AvgIpc) is 2.63. The van der Waals surface area contributed by atoms with Crippen molar-refractivity contribution in [3.05, 3.63) is 65.0 Å². The lowest BCUT2D eigenvalue weighted by atomic mass is 10.0. The number of para-hydroxylation sites is 1. The molecule has 3 aromatic rings. The quantitative estimate of drug-likeness (QED) is 0.697. The van der Waals surface area contributed by atoms with E-state index in [1.807, 2.05) is 37.3 Å². The Morgan fingerprint density at radius 2 is 2.08 bits per heavy atom. The first-order valence-electron chi connectivity index (χ1n) is 8.12. The third-order valence-electron chi connectivity index (χ3n) is 3.89. The smallest absolute Gasteiger partial charge is 0.259 e. The van der Waals surface area contributed by atoms with Gasteiger partial charge in [0, 0.05) is 11.1 Å². The molecule has 1 N–H and O–H groups in total. The first-order chi connectivity index (χ1) is 12.2. The van der Waals surface area contributed by atoms with Crippen LogP contribution in [0.15, 0.2) is 53.8 Å². The number of allylic oxidation sites excluding steroid dienone is 1. The van der Waals surface area contributed by atoms with Gasteiger partial charge < -0.3 is 14.5 Å². The number of fused-ring (bicyclic) bond motifs is 1. The van der Waals surface area contributed by atoms with Gasteiger partial charge >= 0.3 is 0 Å². The van der Waals surface area contributed by atoms with Crippen LogP contribution >= 0.6 is 0 Å². The van der Waals surface area contributed by atoms with Gasteiger partial charge in [-0.1, -0.05) is 18.2 Å². The molecule has 2 aromatic carbocycles. The van der Waals surface area contributed by atoms with Crippen LogP contribution in [0.4, 0.5) is 0 Å². The van der Waals surface area contributed by atoms with Crippen molar-refractivity contribution in [1.82, 2.24) is 9.97 Å². The van der Waals surface area contributed by atoms with Gasteiger partial charge in [-0.3, -0.25) is 4.79 Å². The van der Waals surface area contributed by atoms with Crippen LogP contribution in [0, 0.1) is 0 Å². The number of nitrogens with zero attached hydrogens (tertiary/aromatic N) is 1. The number of ether oxygens (including phenoxy) is 2. The first-order valence-corrected chi connectivity index (χ1v) is 8.12. The van der Waals surface area contributed by atoms with E-state index in [2.05, 4.69) is 16.5 Å². The minimum absolute atomic E-state index is 0.168. The summed E-state index contributed by atoms with van der Waals surface area (Å²) in [6, 6.07) is 11.0. The molecule has 0 aliphatic heterocycles. The van der Waals surface area contributed by atoms with Gasteiger partial charge in [0.1, 0.15) is 5.82 Å². The van der Waals surface area contributed by atoms with Crippen molar-refractivity contribution in [1.29, 1.82) is 0 Å². The summed E-state index contributed by atoms with van der Waals surface area (Å²) in [5.41, 5.74) is 2.18. The molecule has 0 fully saturated rings. The van der Waals surface area contributed by atoms with Crippen LogP contribution in [0.3, 0.4) is 0 Å². The molecule has 0 saturated heterocycles. The van der Waals surface area contributed by atoms with E-state index in [9.17, 15) is 4.79 Å². The van der Waals surface area contributed by atoms with E-state index in [4.69, 9.17) is 9.47 Å². The van der Waals surface area contributed by atoms with E-state index in [0.29, 0.717) is 41.3 Å². The van der Waals surface area contributed by atoms with Gasteiger partial charge in [0.15, 0.2) is 11.5 Å². The Hall–Kier alpha value is -3.08. The van der Waals surface area contributed by atoms with Crippen LogP contribution in [0.25, 0.3) is 22.3 Å². The highest BCUT2D eigenvalue weighted by atomic mass is 16.5. The molecule has 0 aliphatic carbocycles. The molecule has 0 bridgehead atoms. The lowest BCUT2D eigenvalue weighted by Gasteiger charge is -2.15. The molecule has 0 saturated carbocycles. The monoisotopic (exact) mass is 336 g/mol. The van der Waals surface area contributed by atoms with Crippen LogP contribution in [-0.4, -0.2) is 23.7 Å². The van der Waals surface area contributed by atoms with Crippen LogP contribution in [0.2, 0.25) is 0 Å². The number of hydrogen-bond donors (Lipinski definition) is 1. The minimum atomic E-state index is -0.168. The van der Waals surface area contributed by atoms with Crippen molar-refractivity contribution in [2.75, 3.05) is 13.7 Å². The number of nitrogens with one attached hydrogen (secondary N) is 1. The molecule has 0 unspecified atom stereocenters. The summed E-state index contributed by atoms with van der Waals surface area (Å²) >= 11 is 0. The maximum Gasteiger partial charge on any atom is 0.259 e. The minimum Gasteiger partial charge on any atom is -0.493 e. The van der Waals surface area contributed by atoms with E-state index in [1.165, 1.54) is 0 Å². The van der Waals surface area contributed by atoms with Crippen molar-refractivity contribution in [2.45, 2.75) is 13.3 Å². The summed E-state index contributed by atoms with van der Waals surface area (Å²) in [5, 5.41) is 0.565. The molecule has 1 aromatic heterocycles. The molecule has 1 heterocycles. The molecule has 0 aliphatic rings. The molecule has 0 spiro atoms. The fourth-order valence-corrected chi connectivity index (χ4v) is 2.79. The van der Waals surface area contributed by atoms with Crippen molar-refractivity contribution in [3.8, 4) is 22.9 Å². The van der Waals surface area contributed by atoms with E-state index in [1.54, 1.807) is 19.3 Å². The van der Waals surface area contributed by atoms with Gasteiger partial charge in [-0.25, -0.2) is 4.98 Å². The topological polar surface area (TPSA) is 64.2 Å². The molecule has 25 heavy (non-hydrogen) atoms. The number of aromatic nitrogens is 2. The van der Waals surface area contributed by atoms with Gasteiger partial charge in [0.05, 0.1) is 24.6 Å². The molecule has 5 heteroatoms. The van der Waals surface area contributed by atoms with Crippen molar-refractivity contribution >= 4 is 10.9 Å². The second kappa shape index (κ2) is 7.21. The van der Waals surface area contributed by atoms with E-state index < -0.39 is 0 Å². The third kappa shape index (κ3) is 3.26. The Morgan fingerprint density at radius 1 is 1.28 bits per heavy atom. The highest BCUT2D eigenvalue weighted by Crippen LogP contribution is 2.36. The molecule has 0 amide bonds. The van der Waals surface area contributed by atoms with Gasteiger partial charge in [-0.15, -0.1) is 6.58 Å². The number of hydrogen-bond acceptors (Lipinski definition) is 4. The molecule has 5 nitrogen and oxygen atoms in total. The van der Waals surface area contributed by atoms with E-state index in [-0.39, 0.29) is 5.56 Å². The molecule has 0 radical (unpaired) electrons. The highest BCUT2D eigenvalue weighted by molar-refractivity contribution is 5.79. The second-order valence-electron chi connectivity index (χ2n) is 5.52. The van der Waals surface area contributed by atoms with Crippen LogP contribution < -0.4 is 15.0 Å². The predicted molar refractivity (Wildman–Crippen MR) is 99.4 cm³/mol. The fraction of sp³-hybridized carbons (Fsp3) is 0.200. The van der Waals surface area contributed by atoms with E-state index in [0.717, 1.165) is 11.1 Å². The van der Waals surface area contributed by atoms with Gasteiger partial charge in [-0.2, -0.15) is 0 Å². The van der Waals surface area contributed by atoms with Gasteiger partial charge in [-0.05, 0) is 37.6 Å². The summed E-state index contributed by atoms with van der Waals surface area (Å²) in [4.78, 5) is 19.8. The van der Waals surface area contributed by atoms with Gasteiger partial charge in [0.25, 0.3) is 5.56 Å². The third-order valence-corrected chi connectivity index (χ3v) is 3.89. The first kappa shape index (κ1) is 16.8. The zero-order valence-electron chi connectivity index (χ0n) is 14.3. The van der Waals surface area contributed by atoms with Crippen molar-refractivity contribution in [3.63, 3.8) is 0 Å². The Kier molecular flexibility index (Phi) is 4.84. The van der Waals surface area contributed by atoms with Gasteiger partial charge in [0.2, 0.25) is 0 Å². The van der Waals surface area contributed by atoms with Crippen LogP contribution in [-0.2, 0) is 6.42 Å². The molecule has 128 valence electrons. The largest absolute Gasteiger partial charge is 0.493 e. The van der Waals surface area contributed by atoms with Crippen LogP contribution in [0.1, 0.15) is 12.5 Å². The molecule has 0 atom stereocenters. The Balaban J connectivity index is 2.21. The number of methoxy groups -OCH3 is 1. The zero-order valence-corrected chi connectivity index (χ0v) is 14.3. The Labute approximate surface area is 145 Å².